The predicted molar refractivity (Wildman–Crippen MR) is 106 cm³/mol. The summed E-state index contributed by atoms with van der Waals surface area (Å²) in [5.74, 6) is 0.596. The average molecular weight is 360 g/mol. The molecule has 0 aliphatic carbocycles. The molecule has 0 saturated heterocycles. The minimum Gasteiger partial charge on any atom is -0.342 e. The standard InChI is InChI=1S/C21H20N4O2/c1-12(2)18(19-23-16-9-5-6-10-17(16)24-19)25-21(27)15-11-22-20(26)14-8-4-3-7-13(14)15/h3-12,18H,1-2H3,(H,22,26)(H,23,24)(H,25,27)/t18-/m0/s1. The van der Waals surface area contributed by atoms with Gasteiger partial charge in [-0.3, -0.25) is 9.59 Å². The number of imidazole rings is 1. The smallest absolute Gasteiger partial charge is 0.255 e. The summed E-state index contributed by atoms with van der Waals surface area (Å²) >= 11 is 0. The van der Waals surface area contributed by atoms with Gasteiger partial charge in [0.25, 0.3) is 11.5 Å². The Bertz CT molecular complexity index is 1160. The number of aromatic amines is 2. The molecule has 27 heavy (non-hydrogen) atoms. The van der Waals surface area contributed by atoms with E-state index < -0.39 is 0 Å². The molecule has 2 aromatic heterocycles. The topological polar surface area (TPSA) is 90.6 Å². The third-order valence-corrected chi connectivity index (χ3v) is 4.71. The summed E-state index contributed by atoms with van der Waals surface area (Å²) in [6.45, 7) is 4.06. The number of amides is 1. The fraction of sp³-hybridized carbons (Fsp3) is 0.190. The fourth-order valence-corrected chi connectivity index (χ4v) is 3.29. The number of benzene rings is 2. The molecule has 4 aromatic rings. The van der Waals surface area contributed by atoms with E-state index in [2.05, 4.69) is 20.3 Å². The van der Waals surface area contributed by atoms with Crippen LogP contribution >= 0.6 is 0 Å². The van der Waals surface area contributed by atoms with E-state index in [4.69, 9.17) is 0 Å². The van der Waals surface area contributed by atoms with Gasteiger partial charge in [-0.15, -0.1) is 0 Å². The molecule has 6 heteroatoms. The molecule has 1 amide bonds. The lowest BCUT2D eigenvalue weighted by atomic mass is 10.0. The molecule has 0 fully saturated rings. The second-order valence-electron chi connectivity index (χ2n) is 6.91. The van der Waals surface area contributed by atoms with Gasteiger partial charge < -0.3 is 15.3 Å². The van der Waals surface area contributed by atoms with E-state index in [-0.39, 0.29) is 23.4 Å². The summed E-state index contributed by atoms with van der Waals surface area (Å²) in [7, 11) is 0. The molecule has 0 aliphatic heterocycles. The molecule has 4 rings (SSSR count). The summed E-state index contributed by atoms with van der Waals surface area (Å²) in [6.07, 6.45) is 1.47. The number of para-hydroxylation sites is 2. The van der Waals surface area contributed by atoms with Gasteiger partial charge in [0, 0.05) is 17.0 Å². The van der Waals surface area contributed by atoms with E-state index in [1.807, 2.05) is 44.2 Å². The maximum atomic E-state index is 13.0. The molecule has 6 nitrogen and oxygen atoms in total. The van der Waals surface area contributed by atoms with Crippen molar-refractivity contribution >= 4 is 27.7 Å². The zero-order valence-electron chi connectivity index (χ0n) is 15.1. The molecule has 2 heterocycles. The van der Waals surface area contributed by atoms with Gasteiger partial charge in [-0.05, 0) is 24.1 Å². The van der Waals surface area contributed by atoms with Crippen molar-refractivity contribution in [2.24, 2.45) is 5.92 Å². The van der Waals surface area contributed by atoms with Crippen LogP contribution in [-0.2, 0) is 0 Å². The van der Waals surface area contributed by atoms with Gasteiger partial charge in [0.2, 0.25) is 0 Å². The molecule has 136 valence electrons. The zero-order valence-corrected chi connectivity index (χ0v) is 15.1. The van der Waals surface area contributed by atoms with Crippen molar-refractivity contribution < 1.29 is 4.79 Å². The zero-order chi connectivity index (χ0) is 19.0. The fourth-order valence-electron chi connectivity index (χ4n) is 3.29. The van der Waals surface area contributed by atoms with E-state index in [0.717, 1.165) is 11.0 Å². The van der Waals surface area contributed by atoms with E-state index in [9.17, 15) is 9.59 Å². The molecular weight excluding hydrogens is 340 g/mol. The SMILES string of the molecule is CC(C)[C@H](NC(=O)c1c[nH]c(=O)c2ccccc12)c1nc2ccccc2[nH]1. The van der Waals surface area contributed by atoms with Gasteiger partial charge in [0.05, 0.1) is 22.6 Å². The quantitative estimate of drug-likeness (QED) is 0.520. The Balaban J connectivity index is 1.71. The number of carbonyl (C=O) groups excluding carboxylic acids is 1. The average Bonchev–Trinajstić information content (AvgIpc) is 3.10. The highest BCUT2D eigenvalue weighted by atomic mass is 16.2. The third-order valence-electron chi connectivity index (χ3n) is 4.71. The summed E-state index contributed by atoms with van der Waals surface area (Å²) in [4.78, 5) is 35.6. The molecule has 2 aromatic carbocycles. The lowest BCUT2D eigenvalue weighted by molar-refractivity contribution is 0.0924. The van der Waals surface area contributed by atoms with E-state index in [1.165, 1.54) is 6.20 Å². The minimum absolute atomic E-state index is 0.128. The van der Waals surface area contributed by atoms with Gasteiger partial charge in [-0.25, -0.2) is 4.98 Å². The lowest BCUT2D eigenvalue weighted by Crippen LogP contribution is -2.33. The highest BCUT2D eigenvalue weighted by molar-refractivity contribution is 6.06. The van der Waals surface area contributed by atoms with Crippen LogP contribution in [0.3, 0.4) is 0 Å². The first-order chi connectivity index (χ1) is 13.0. The number of hydrogen-bond donors (Lipinski definition) is 3. The lowest BCUT2D eigenvalue weighted by Gasteiger charge is -2.20. The number of nitrogens with one attached hydrogen (secondary N) is 3. The largest absolute Gasteiger partial charge is 0.342 e. The van der Waals surface area contributed by atoms with Crippen LogP contribution in [0.1, 0.15) is 36.1 Å². The Kier molecular flexibility index (Phi) is 4.24. The Morgan fingerprint density at radius 3 is 2.48 bits per heavy atom. The first-order valence-electron chi connectivity index (χ1n) is 8.90. The van der Waals surface area contributed by atoms with Crippen molar-refractivity contribution in [3.63, 3.8) is 0 Å². The normalized spacial score (nSPS) is 12.6. The van der Waals surface area contributed by atoms with Crippen LogP contribution in [0.4, 0.5) is 0 Å². The Hall–Kier alpha value is -3.41. The number of pyridine rings is 1. The Labute approximate surface area is 155 Å². The van der Waals surface area contributed by atoms with Crippen molar-refractivity contribution in [2.45, 2.75) is 19.9 Å². The van der Waals surface area contributed by atoms with Crippen LogP contribution in [0, 0.1) is 5.92 Å². The minimum atomic E-state index is -0.282. The number of fused-ring (bicyclic) bond motifs is 2. The molecular formula is C21H20N4O2. The third kappa shape index (κ3) is 3.10. The predicted octanol–water partition coefficient (Wildman–Crippen LogP) is 3.53. The van der Waals surface area contributed by atoms with E-state index in [1.54, 1.807) is 18.2 Å². The molecule has 0 radical (unpaired) electrons. The second-order valence-corrected chi connectivity index (χ2v) is 6.91. The van der Waals surface area contributed by atoms with Crippen LogP contribution in [0.15, 0.2) is 59.5 Å². The van der Waals surface area contributed by atoms with E-state index >= 15 is 0 Å². The molecule has 0 saturated carbocycles. The number of hydrogen-bond acceptors (Lipinski definition) is 3. The number of H-pyrrole nitrogens is 2. The van der Waals surface area contributed by atoms with Crippen molar-refractivity contribution in [2.75, 3.05) is 0 Å². The van der Waals surface area contributed by atoms with E-state index in [0.29, 0.717) is 22.2 Å². The van der Waals surface area contributed by atoms with Gasteiger partial charge in [-0.1, -0.05) is 44.2 Å². The molecule has 3 N–H and O–H groups in total. The van der Waals surface area contributed by atoms with Crippen molar-refractivity contribution in [3.8, 4) is 0 Å². The number of rotatable bonds is 4. The molecule has 1 atom stereocenters. The van der Waals surface area contributed by atoms with Crippen LogP contribution in [0.5, 0.6) is 0 Å². The van der Waals surface area contributed by atoms with Gasteiger partial charge >= 0.3 is 0 Å². The van der Waals surface area contributed by atoms with Gasteiger partial charge in [-0.2, -0.15) is 0 Å². The summed E-state index contributed by atoms with van der Waals surface area (Å²) in [6, 6.07) is 14.6. The summed E-state index contributed by atoms with van der Waals surface area (Å²) in [5, 5.41) is 4.19. The molecule has 0 aliphatic rings. The van der Waals surface area contributed by atoms with Gasteiger partial charge in [0.15, 0.2) is 0 Å². The molecule has 0 unspecified atom stereocenters. The second kappa shape index (κ2) is 6.72. The first-order valence-corrected chi connectivity index (χ1v) is 8.90. The maximum Gasteiger partial charge on any atom is 0.255 e. The van der Waals surface area contributed by atoms with Crippen LogP contribution in [-0.4, -0.2) is 20.9 Å². The summed E-state index contributed by atoms with van der Waals surface area (Å²) in [5.41, 5.74) is 2.02. The van der Waals surface area contributed by atoms with Crippen LogP contribution in [0.25, 0.3) is 21.8 Å². The Morgan fingerprint density at radius 2 is 1.74 bits per heavy atom. The molecule has 0 spiro atoms. The number of nitrogens with zero attached hydrogens (tertiary/aromatic N) is 1. The number of aromatic nitrogens is 3. The van der Waals surface area contributed by atoms with Crippen molar-refractivity contribution in [1.82, 2.24) is 20.3 Å². The highest BCUT2D eigenvalue weighted by Gasteiger charge is 2.23. The highest BCUT2D eigenvalue weighted by Crippen LogP contribution is 2.23. The first kappa shape index (κ1) is 17.0. The molecule has 0 bridgehead atoms. The number of carbonyl (C=O) groups is 1. The monoisotopic (exact) mass is 360 g/mol. The van der Waals surface area contributed by atoms with Crippen molar-refractivity contribution in [3.05, 3.63) is 76.5 Å². The maximum absolute atomic E-state index is 13.0. The van der Waals surface area contributed by atoms with Crippen LogP contribution < -0.4 is 10.9 Å². The van der Waals surface area contributed by atoms with Gasteiger partial charge in [0.1, 0.15) is 5.82 Å². The van der Waals surface area contributed by atoms with Crippen LogP contribution in [0.2, 0.25) is 0 Å². The van der Waals surface area contributed by atoms with Crippen molar-refractivity contribution in [1.29, 1.82) is 0 Å². The summed E-state index contributed by atoms with van der Waals surface area (Å²) < 4.78 is 0. The Morgan fingerprint density at radius 1 is 1.04 bits per heavy atom.